The maximum Gasteiger partial charge on any atom is 0.306 e. The van der Waals surface area contributed by atoms with Gasteiger partial charge in [-0.05, 0) is 32.1 Å². The van der Waals surface area contributed by atoms with Gasteiger partial charge in [-0.25, -0.2) is 0 Å². The van der Waals surface area contributed by atoms with E-state index in [1.165, 1.54) is 116 Å². The van der Waals surface area contributed by atoms with E-state index in [-0.39, 0.29) is 42.7 Å². The zero-order valence-corrected chi connectivity index (χ0v) is 38.2. The third-order valence-electron chi connectivity index (χ3n) is 10.6. The van der Waals surface area contributed by atoms with Crippen LogP contribution in [0, 0.1) is 0 Å². The Kier molecular flexibility index (Phi) is 39.1. The van der Waals surface area contributed by atoms with E-state index in [2.05, 4.69) is 26.0 Å². The Morgan fingerprint density at radius 3 is 1.43 bits per heavy atom. The van der Waals surface area contributed by atoms with Crippen LogP contribution < -0.4 is 5.11 Å². The molecular formula is C50H89NO7. The summed E-state index contributed by atoms with van der Waals surface area (Å²) in [6, 6.07) is -0.731. The van der Waals surface area contributed by atoms with E-state index in [9.17, 15) is 19.5 Å². The van der Waals surface area contributed by atoms with Crippen LogP contribution in [0.1, 0.15) is 200 Å². The Bertz CT molecular complexity index is 1090. The fourth-order valence-corrected chi connectivity index (χ4v) is 6.91. The van der Waals surface area contributed by atoms with Gasteiger partial charge in [0, 0.05) is 19.3 Å². The quantitative estimate of drug-likeness (QED) is 0.0262. The van der Waals surface area contributed by atoms with Crippen molar-refractivity contribution in [3.63, 3.8) is 0 Å². The van der Waals surface area contributed by atoms with Crippen LogP contribution in [0.3, 0.4) is 0 Å². The predicted octanol–water partition coefficient (Wildman–Crippen LogP) is 11.9. The van der Waals surface area contributed by atoms with Gasteiger partial charge in [0.2, 0.25) is 0 Å². The number of carboxylic acid groups (broad SMARTS) is 1. The summed E-state index contributed by atoms with van der Waals surface area (Å²) in [6.45, 7) is 4.50. The number of hydrogen-bond donors (Lipinski definition) is 0. The van der Waals surface area contributed by atoms with Crippen molar-refractivity contribution in [2.75, 3.05) is 41.0 Å². The standard InChI is InChI=1S/C50H89NO7/c1-6-8-10-12-14-16-18-20-21-22-23-24-25-26-27-29-31-33-35-37-39-41-49(53)58-46(44-56-43-42-47(50(54)55)51(3,4)5)45-57-48(52)40-38-36-34-32-30-28-19-17-15-13-11-9-7-2/h9,11,13,15,17,19,28,30,46-47H,6-8,10,12,14,16,18,20-27,29,31-45H2,1-5H3/b11-9+,15-13+,19-17+,30-28+. The van der Waals surface area contributed by atoms with Crippen LogP contribution in [0.4, 0.5) is 0 Å². The Hall–Kier alpha value is -2.71. The lowest BCUT2D eigenvalue weighted by Gasteiger charge is -2.34. The smallest absolute Gasteiger partial charge is 0.306 e. The average Bonchev–Trinajstić information content (AvgIpc) is 3.18. The van der Waals surface area contributed by atoms with Gasteiger partial charge in [-0.15, -0.1) is 0 Å². The second-order valence-corrected chi connectivity index (χ2v) is 17.1. The zero-order chi connectivity index (χ0) is 42.8. The number of likely N-dealkylation sites (N-methyl/N-ethyl adjacent to an activating group) is 1. The lowest BCUT2D eigenvalue weighted by atomic mass is 10.0. The van der Waals surface area contributed by atoms with Crippen molar-refractivity contribution >= 4 is 17.9 Å². The molecule has 0 radical (unpaired) electrons. The monoisotopic (exact) mass is 816 g/mol. The second kappa shape index (κ2) is 41.0. The molecule has 0 aromatic carbocycles. The molecule has 2 atom stereocenters. The highest BCUT2D eigenvalue weighted by Gasteiger charge is 2.25. The van der Waals surface area contributed by atoms with E-state index in [0.717, 1.165) is 51.4 Å². The third kappa shape index (κ3) is 38.8. The van der Waals surface area contributed by atoms with E-state index in [4.69, 9.17) is 14.2 Å². The van der Waals surface area contributed by atoms with Crippen LogP contribution >= 0.6 is 0 Å². The van der Waals surface area contributed by atoms with Gasteiger partial charge < -0.3 is 28.6 Å². The van der Waals surface area contributed by atoms with Crippen LogP contribution in [-0.2, 0) is 28.6 Å². The van der Waals surface area contributed by atoms with Crippen molar-refractivity contribution in [2.45, 2.75) is 212 Å². The first-order valence-corrected chi connectivity index (χ1v) is 23.7. The molecule has 0 N–H and O–H groups in total. The summed E-state index contributed by atoms with van der Waals surface area (Å²) in [5.74, 6) is -1.78. The molecule has 0 amide bonds. The fraction of sp³-hybridized carbons (Fsp3) is 0.780. The van der Waals surface area contributed by atoms with E-state index < -0.39 is 18.1 Å². The van der Waals surface area contributed by atoms with E-state index >= 15 is 0 Å². The Morgan fingerprint density at radius 2 is 0.966 bits per heavy atom. The molecule has 0 saturated heterocycles. The lowest BCUT2D eigenvalue weighted by molar-refractivity contribution is -0.889. The van der Waals surface area contributed by atoms with Crippen molar-refractivity contribution < 1.29 is 38.2 Å². The maximum absolute atomic E-state index is 12.7. The summed E-state index contributed by atoms with van der Waals surface area (Å²) in [5, 5.41) is 11.6. The summed E-state index contributed by atoms with van der Waals surface area (Å²) in [4.78, 5) is 36.9. The normalized spacial score (nSPS) is 13.3. The van der Waals surface area contributed by atoms with Crippen molar-refractivity contribution in [1.29, 1.82) is 0 Å². The summed E-state index contributed by atoms with van der Waals surface area (Å²) in [5.41, 5.74) is 0. The van der Waals surface area contributed by atoms with Crippen molar-refractivity contribution in [3.05, 3.63) is 48.6 Å². The number of carboxylic acids is 1. The summed E-state index contributed by atoms with van der Waals surface area (Å²) in [7, 11) is 5.40. The van der Waals surface area contributed by atoms with Crippen LogP contribution in [0.5, 0.6) is 0 Å². The second-order valence-electron chi connectivity index (χ2n) is 17.1. The number of allylic oxidation sites excluding steroid dienone is 8. The first kappa shape index (κ1) is 55.3. The number of esters is 2. The Labute approximate surface area is 356 Å². The number of aliphatic carboxylic acids is 1. The van der Waals surface area contributed by atoms with Crippen LogP contribution in [0.2, 0.25) is 0 Å². The Balaban J connectivity index is 4.27. The van der Waals surface area contributed by atoms with E-state index in [0.29, 0.717) is 12.8 Å². The Morgan fingerprint density at radius 1 is 0.534 bits per heavy atom. The minimum atomic E-state index is -1.13. The number of carbonyl (C=O) groups is 3. The number of rotatable bonds is 42. The van der Waals surface area contributed by atoms with Gasteiger partial charge in [-0.2, -0.15) is 0 Å². The molecule has 0 spiro atoms. The number of quaternary nitrogens is 1. The first-order chi connectivity index (χ1) is 28.1. The molecule has 0 rings (SSSR count). The molecular weight excluding hydrogens is 727 g/mol. The molecule has 0 saturated carbocycles. The third-order valence-corrected chi connectivity index (χ3v) is 10.6. The van der Waals surface area contributed by atoms with Gasteiger partial charge in [0.05, 0.1) is 40.3 Å². The first-order valence-electron chi connectivity index (χ1n) is 23.7. The maximum atomic E-state index is 12.7. The minimum Gasteiger partial charge on any atom is -0.544 e. The van der Waals surface area contributed by atoms with E-state index in [1.807, 2.05) is 36.5 Å². The molecule has 0 aliphatic carbocycles. The predicted molar refractivity (Wildman–Crippen MR) is 240 cm³/mol. The molecule has 8 heteroatoms. The fourth-order valence-electron chi connectivity index (χ4n) is 6.91. The van der Waals surface area contributed by atoms with E-state index in [1.54, 1.807) is 21.1 Å². The number of carbonyl (C=O) groups excluding carboxylic acids is 3. The molecule has 0 aliphatic rings. The molecule has 2 unspecified atom stereocenters. The average molecular weight is 816 g/mol. The summed E-state index contributed by atoms with van der Waals surface area (Å²) in [6.07, 6.45) is 48.6. The SMILES string of the molecule is CC/C=C/C=C/C=C/C=C/CCCCCC(=O)OCC(COCCC(C(=O)[O-])[N+](C)(C)C)OC(=O)CCCCCCCCCCCCCCCCCCCCCCC. The van der Waals surface area contributed by atoms with Gasteiger partial charge in [-0.1, -0.05) is 197 Å². The van der Waals surface area contributed by atoms with Crippen LogP contribution in [0.25, 0.3) is 0 Å². The topological polar surface area (TPSA) is 102 Å². The molecule has 0 heterocycles. The van der Waals surface area contributed by atoms with Crippen molar-refractivity contribution in [2.24, 2.45) is 0 Å². The van der Waals surface area contributed by atoms with Crippen molar-refractivity contribution in [1.82, 2.24) is 0 Å². The van der Waals surface area contributed by atoms with Gasteiger partial charge in [0.15, 0.2) is 6.10 Å². The number of nitrogens with zero attached hydrogens (tertiary/aromatic N) is 1. The highest BCUT2D eigenvalue weighted by molar-refractivity contribution is 5.70. The summed E-state index contributed by atoms with van der Waals surface area (Å²) >= 11 is 0. The number of ether oxygens (including phenoxy) is 3. The van der Waals surface area contributed by atoms with Crippen LogP contribution in [0.15, 0.2) is 48.6 Å². The van der Waals surface area contributed by atoms with Crippen molar-refractivity contribution in [3.8, 4) is 0 Å². The van der Waals surface area contributed by atoms with Gasteiger partial charge in [-0.3, -0.25) is 9.59 Å². The lowest BCUT2D eigenvalue weighted by Crippen LogP contribution is -2.55. The molecule has 0 aliphatic heterocycles. The highest BCUT2D eigenvalue weighted by Crippen LogP contribution is 2.16. The molecule has 336 valence electrons. The molecule has 0 bridgehead atoms. The molecule has 0 aromatic heterocycles. The highest BCUT2D eigenvalue weighted by atomic mass is 16.6. The zero-order valence-electron chi connectivity index (χ0n) is 38.2. The minimum absolute atomic E-state index is 0.0290. The number of unbranched alkanes of at least 4 members (excludes halogenated alkanes) is 23. The van der Waals surface area contributed by atoms with Crippen LogP contribution in [-0.4, -0.2) is 75.5 Å². The summed E-state index contributed by atoms with van der Waals surface area (Å²) < 4.78 is 17.2. The molecule has 0 aromatic rings. The molecule has 58 heavy (non-hydrogen) atoms. The number of hydrogen-bond acceptors (Lipinski definition) is 7. The van der Waals surface area contributed by atoms with Gasteiger partial charge in [0.25, 0.3) is 0 Å². The van der Waals surface area contributed by atoms with Gasteiger partial charge in [0.1, 0.15) is 12.6 Å². The molecule has 0 fully saturated rings. The molecule has 8 nitrogen and oxygen atoms in total. The largest absolute Gasteiger partial charge is 0.544 e. The van der Waals surface area contributed by atoms with Gasteiger partial charge >= 0.3 is 11.9 Å².